The number of amides is 1. The van der Waals surface area contributed by atoms with Crippen LogP contribution in [0.15, 0.2) is 46.4 Å². The number of carbonyl (C=O) groups is 1. The normalized spacial score (nSPS) is 11.3. The van der Waals surface area contributed by atoms with Crippen LogP contribution in [0.1, 0.15) is 21.9 Å². The Balaban J connectivity index is 1.79. The first-order valence-electron chi connectivity index (χ1n) is 7.75. The van der Waals surface area contributed by atoms with E-state index >= 15 is 0 Å². The van der Waals surface area contributed by atoms with Gasteiger partial charge in [-0.25, -0.2) is 0 Å². The Morgan fingerprint density at radius 2 is 2.24 bits per heavy atom. The molecular formula is C18H18ClN3O2S. The van der Waals surface area contributed by atoms with Crippen LogP contribution in [-0.4, -0.2) is 20.6 Å². The molecule has 25 heavy (non-hydrogen) atoms. The molecule has 0 aliphatic carbocycles. The number of aromatic nitrogens is 2. The molecule has 0 aliphatic heterocycles. The SMILES string of the molecule is Cc1nn(C)c(Cl)c1/C=C/C(=O)N(Cc1ccco1)Cc1cccs1. The van der Waals surface area contributed by atoms with Crippen LogP contribution in [0.25, 0.3) is 6.08 Å². The summed E-state index contributed by atoms with van der Waals surface area (Å²) in [5.74, 6) is 0.637. The Morgan fingerprint density at radius 1 is 1.40 bits per heavy atom. The summed E-state index contributed by atoms with van der Waals surface area (Å²) in [4.78, 5) is 15.6. The molecule has 0 aromatic carbocycles. The first kappa shape index (κ1) is 17.5. The van der Waals surface area contributed by atoms with Gasteiger partial charge in [-0.3, -0.25) is 9.48 Å². The van der Waals surface area contributed by atoms with E-state index < -0.39 is 0 Å². The van der Waals surface area contributed by atoms with Crippen molar-refractivity contribution in [3.05, 3.63) is 69.0 Å². The van der Waals surface area contributed by atoms with Crippen LogP contribution < -0.4 is 0 Å². The molecule has 3 rings (SSSR count). The molecule has 3 aromatic heterocycles. The summed E-state index contributed by atoms with van der Waals surface area (Å²) in [5, 5.41) is 6.76. The Morgan fingerprint density at radius 3 is 2.84 bits per heavy atom. The van der Waals surface area contributed by atoms with Gasteiger partial charge in [0.25, 0.3) is 0 Å². The predicted molar refractivity (Wildman–Crippen MR) is 99.3 cm³/mol. The highest BCUT2D eigenvalue weighted by Crippen LogP contribution is 2.21. The van der Waals surface area contributed by atoms with E-state index in [0.717, 1.165) is 21.9 Å². The predicted octanol–water partition coefficient (Wildman–Crippen LogP) is 4.28. The lowest BCUT2D eigenvalue weighted by Crippen LogP contribution is -2.28. The summed E-state index contributed by atoms with van der Waals surface area (Å²) in [6.07, 6.45) is 4.86. The van der Waals surface area contributed by atoms with E-state index in [9.17, 15) is 4.79 Å². The zero-order valence-electron chi connectivity index (χ0n) is 14.0. The second-order valence-electron chi connectivity index (χ2n) is 5.60. The van der Waals surface area contributed by atoms with Gasteiger partial charge in [0.05, 0.1) is 25.0 Å². The lowest BCUT2D eigenvalue weighted by Gasteiger charge is -2.19. The molecule has 0 saturated carbocycles. The largest absolute Gasteiger partial charge is 0.467 e. The zero-order valence-corrected chi connectivity index (χ0v) is 15.5. The Labute approximate surface area is 155 Å². The van der Waals surface area contributed by atoms with E-state index in [1.54, 1.807) is 40.3 Å². The molecule has 0 saturated heterocycles. The second-order valence-corrected chi connectivity index (χ2v) is 6.99. The summed E-state index contributed by atoms with van der Waals surface area (Å²) >= 11 is 7.84. The molecular weight excluding hydrogens is 358 g/mol. The summed E-state index contributed by atoms with van der Waals surface area (Å²) in [6.45, 7) is 2.80. The minimum Gasteiger partial charge on any atom is -0.467 e. The van der Waals surface area contributed by atoms with E-state index in [1.165, 1.54) is 6.08 Å². The van der Waals surface area contributed by atoms with E-state index in [0.29, 0.717) is 18.2 Å². The summed E-state index contributed by atoms with van der Waals surface area (Å²) in [5.41, 5.74) is 1.54. The topological polar surface area (TPSA) is 51.3 Å². The average molecular weight is 376 g/mol. The van der Waals surface area contributed by atoms with Crippen molar-refractivity contribution in [1.29, 1.82) is 0 Å². The summed E-state index contributed by atoms with van der Waals surface area (Å²) < 4.78 is 6.98. The summed E-state index contributed by atoms with van der Waals surface area (Å²) in [7, 11) is 1.77. The van der Waals surface area contributed by atoms with Gasteiger partial charge in [0.2, 0.25) is 5.91 Å². The van der Waals surface area contributed by atoms with Crippen molar-refractivity contribution in [1.82, 2.24) is 14.7 Å². The van der Waals surface area contributed by atoms with Gasteiger partial charge in [-0.05, 0) is 36.6 Å². The highest BCUT2D eigenvalue weighted by atomic mass is 35.5. The molecule has 3 aromatic rings. The number of furan rings is 1. The van der Waals surface area contributed by atoms with E-state index in [1.807, 2.05) is 36.6 Å². The van der Waals surface area contributed by atoms with Gasteiger partial charge in [-0.1, -0.05) is 17.7 Å². The van der Waals surface area contributed by atoms with Crippen molar-refractivity contribution in [2.45, 2.75) is 20.0 Å². The fourth-order valence-electron chi connectivity index (χ4n) is 2.49. The van der Waals surface area contributed by atoms with Crippen molar-refractivity contribution in [2.75, 3.05) is 0 Å². The van der Waals surface area contributed by atoms with Gasteiger partial charge in [0.15, 0.2) is 0 Å². The molecule has 0 unspecified atom stereocenters. The molecule has 1 amide bonds. The van der Waals surface area contributed by atoms with E-state index in [-0.39, 0.29) is 5.91 Å². The maximum Gasteiger partial charge on any atom is 0.247 e. The number of halogens is 1. The number of hydrogen-bond donors (Lipinski definition) is 0. The molecule has 130 valence electrons. The van der Waals surface area contributed by atoms with Crippen LogP contribution in [-0.2, 0) is 24.9 Å². The average Bonchev–Trinajstić information content (AvgIpc) is 3.31. The van der Waals surface area contributed by atoms with Gasteiger partial charge < -0.3 is 9.32 Å². The van der Waals surface area contributed by atoms with Crippen molar-refractivity contribution < 1.29 is 9.21 Å². The van der Waals surface area contributed by atoms with Crippen molar-refractivity contribution >= 4 is 34.9 Å². The molecule has 0 spiro atoms. The van der Waals surface area contributed by atoms with Crippen LogP contribution in [0.3, 0.4) is 0 Å². The lowest BCUT2D eigenvalue weighted by molar-refractivity contribution is -0.127. The molecule has 0 fully saturated rings. The maximum atomic E-state index is 12.7. The number of thiophene rings is 1. The zero-order chi connectivity index (χ0) is 17.8. The molecule has 0 bridgehead atoms. The van der Waals surface area contributed by atoms with Gasteiger partial charge in [0, 0.05) is 23.6 Å². The highest BCUT2D eigenvalue weighted by molar-refractivity contribution is 7.09. The van der Waals surface area contributed by atoms with E-state index in [2.05, 4.69) is 5.10 Å². The fourth-order valence-corrected chi connectivity index (χ4v) is 3.45. The molecule has 7 heteroatoms. The fraction of sp³-hybridized carbons (Fsp3) is 0.222. The molecule has 5 nitrogen and oxygen atoms in total. The van der Waals surface area contributed by atoms with Crippen LogP contribution in [0.4, 0.5) is 0 Å². The third-order valence-electron chi connectivity index (χ3n) is 3.75. The van der Waals surface area contributed by atoms with Crippen molar-refractivity contribution in [3.63, 3.8) is 0 Å². The summed E-state index contributed by atoms with van der Waals surface area (Å²) in [6, 6.07) is 7.67. The van der Waals surface area contributed by atoms with Crippen molar-refractivity contribution in [3.8, 4) is 0 Å². The number of carbonyl (C=O) groups excluding carboxylic acids is 1. The van der Waals surface area contributed by atoms with Gasteiger partial charge in [0.1, 0.15) is 10.9 Å². The van der Waals surface area contributed by atoms with E-state index in [4.69, 9.17) is 16.0 Å². The highest BCUT2D eigenvalue weighted by Gasteiger charge is 2.15. The first-order chi connectivity index (χ1) is 12.0. The monoisotopic (exact) mass is 375 g/mol. The number of aryl methyl sites for hydroxylation is 2. The van der Waals surface area contributed by atoms with Gasteiger partial charge in [-0.15, -0.1) is 11.3 Å². The smallest absolute Gasteiger partial charge is 0.247 e. The number of rotatable bonds is 6. The first-order valence-corrected chi connectivity index (χ1v) is 9.01. The minimum absolute atomic E-state index is 0.107. The number of nitrogens with zero attached hydrogens (tertiary/aromatic N) is 3. The van der Waals surface area contributed by atoms with Gasteiger partial charge >= 0.3 is 0 Å². The van der Waals surface area contributed by atoms with Crippen LogP contribution in [0, 0.1) is 6.92 Å². The molecule has 0 atom stereocenters. The minimum atomic E-state index is -0.107. The molecule has 3 heterocycles. The molecule has 0 aliphatic rings. The van der Waals surface area contributed by atoms with Crippen LogP contribution in [0.5, 0.6) is 0 Å². The molecule has 0 N–H and O–H groups in total. The van der Waals surface area contributed by atoms with Crippen LogP contribution in [0.2, 0.25) is 5.15 Å². The third-order valence-corrected chi connectivity index (χ3v) is 5.06. The Hall–Kier alpha value is -2.31. The Kier molecular flexibility index (Phi) is 5.40. The maximum absolute atomic E-state index is 12.7. The Bertz CT molecular complexity index is 830. The van der Waals surface area contributed by atoms with Crippen molar-refractivity contribution in [2.24, 2.45) is 7.05 Å². The van der Waals surface area contributed by atoms with Crippen LogP contribution >= 0.6 is 22.9 Å². The molecule has 0 radical (unpaired) electrons. The number of hydrogen-bond acceptors (Lipinski definition) is 4. The third kappa shape index (κ3) is 4.21. The standard InChI is InChI=1S/C18H18ClN3O2S/c1-13-16(18(19)21(2)20-13)7-8-17(23)22(11-14-5-3-9-24-14)12-15-6-4-10-25-15/h3-10H,11-12H2,1-2H3/b8-7+. The lowest BCUT2D eigenvalue weighted by atomic mass is 10.2. The van der Waals surface area contributed by atoms with Gasteiger partial charge in [-0.2, -0.15) is 5.10 Å². The second kappa shape index (κ2) is 7.72. The quantitative estimate of drug-likeness (QED) is 0.604.